The van der Waals surface area contributed by atoms with E-state index in [9.17, 15) is 0 Å². The van der Waals surface area contributed by atoms with Crippen molar-refractivity contribution in [1.82, 2.24) is 9.55 Å². The smallest absolute Gasteiger partial charge is 0.127 e. The molecule has 21 heavy (non-hydrogen) atoms. The lowest BCUT2D eigenvalue weighted by molar-refractivity contribution is 0.0157. The number of aromatic nitrogens is 2. The molecule has 3 rings (SSSR count). The summed E-state index contributed by atoms with van der Waals surface area (Å²) < 4.78 is 8.85. The van der Waals surface area contributed by atoms with Crippen molar-refractivity contribution in [2.75, 3.05) is 13.2 Å². The molecule has 1 aliphatic rings. The first kappa shape index (κ1) is 15.3. The zero-order valence-corrected chi connectivity index (χ0v) is 14.7. The van der Waals surface area contributed by atoms with Gasteiger partial charge in [0.15, 0.2) is 0 Å². The highest BCUT2D eigenvalue weighted by Gasteiger charge is 2.30. The van der Waals surface area contributed by atoms with E-state index < -0.39 is 0 Å². The van der Waals surface area contributed by atoms with E-state index in [1.165, 1.54) is 0 Å². The van der Waals surface area contributed by atoms with E-state index in [1.54, 1.807) is 0 Å². The predicted octanol–water partition coefficient (Wildman–Crippen LogP) is 4.92. The Labute approximate surface area is 138 Å². The first-order valence-corrected chi connectivity index (χ1v) is 8.59. The first-order valence-electron chi connectivity index (χ1n) is 7.36. The quantitative estimate of drug-likeness (QED) is 0.716. The van der Waals surface area contributed by atoms with Crippen LogP contribution in [0, 0.1) is 5.41 Å². The Morgan fingerprint density at radius 3 is 2.81 bits per heavy atom. The predicted molar refractivity (Wildman–Crippen MR) is 89.9 cm³/mol. The zero-order chi connectivity index (χ0) is 15.0. The Balaban J connectivity index is 2.04. The van der Waals surface area contributed by atoms with Crippen molar-refractivity contribution in [3.05, 3.63) is 28.5 Å². The van der Waals surface area contributed by atoms with Gasteiger partial charge in [0.1, 0.15) is 5.82 Å². The lowest BCUT2D eigenvalue weighted by Gasteiger charge is -2.34. The molecule has 0 amide bonds. The molecule has 0 radical (unpaired) electrons. The highest BCUT2D eigenvalue weighted by Crippen LogP contribution is 2.35. The molecule has 0 saturated carbocycles. The molecule has 1 saturated heterocycles. The standard InChI is InChI=1S/C16H20BrClN2O/c1-11(18)15-19-13-9-12(17)3-4-14(13)20(15)10-16(2)5-7-21-8-6-16/h3-4,9,11H,5-8,10H2,1-2H3. The summed E-state index contributed by atoms with van der Waals surface area (Å²) >= 11 is 9.88. The van der Waals surface area contributed by atoms with Gasteiger partial charge < -0.3 is 9.30 Å². The number of ether oxygens (including phenoxy) is 1. The maximum atomic E-state index is 6.36. The number of alkyl halides is 1. The normalized spacial score (nSPS) is 19.8. The summed E-state index contributed by atoms with van der Waals surface area (Å²) in [6.07, 6.45) is 2.17. The summed E-state index contributed by atoms with van der Waals surface area (Å²) in [7, 11) is 0. The van der Waals surface area contributed by atoms with E-state index >= 15 is 0 Å². The SMILES string of the molecule is CC(Cl)c1nc2cc(Br)ccc2n1CC1(C)CCOCC1. The van der Waals surface area contributed by atoms with Gasteiger partial charge in [0.05, 0.1) is 16.4 Å². The minimum absolute atomic E-state index is 0.0976. The molecule has 2 heterocycles. The minimum Gasteiger partial charge on any atom is -0.381 e. The highest BCUT2D eigenvalue weighted by molar-refractivity contribution is 9.10. The summed E-state index contributed by atoms with van der Waals surface area (Å²) in [6, 6.07) is 6.24. The summed E-state index contributed by atoms with van der Waals surface area (Å²) in [5.41, 5.74) is 2.41. The monoisotopic (exact) mass is 370 g/mol. The third-order valence-corrected chi connectivity index (χ3v) is 5.02. The number of rotatable bonds is 3. The Morgan fingerprint density at radius 2 is 2.14 bits per heavy atom. The van der Waals surface area contributed by atoms with Crippen molar-refractivity contribution in [1.29, 1.82) is 0 Å². The van der Waals surface area contributed by atoms with Crippen LogP contribution in [0.25, 0.3) is 11.0 Å². The molecule has 2 aromatic rings. The van der Waals surface area contributed by atoms with Gasteiger partial charge in [-0.15, -0.1) is 11.6 Å². The molecule has 1 aromatic carbocycles. The van der Waals surface area contributed by atoms with Crippen molar-refractivity contribution in [2.45, 2.75) is 38.6 Å². The molecule has 1 unspecified atom stereocenters. The second-order valence-electron chi connectivity index (χ2n) is 6.23. The Kier molecular flexibility index (Phi) is 4.30. The fourth-order valence-corrected chi connectivity index (χ4v) is 3.51. The molecule has 1 aromatic heterocycles. The third kappa shape index (κ3) is 3.13. The number of hydrogen-bond acceptors (Lipinski definition) is 2. The highest BCUT2D eigenvalue weighted by atomic mass is 79.9. The zero-order valence-electron chi connectivity index (χ0n) is 12.4. The van der Waals surface area contributed by atoms with Crippen LogP contribution < -0.4 is 0 Å². The van der Waals surface area contributed by atoms with Gasteiger partial charge in [-0.05, 0) is 43.4 Å². The van der Waals surface area contributed by atoms with Gasteiger partial charge in [-0.2, -0.15) is 0 Å². The van der Waals surface area contributed by atoms with E-state index in [4.69, 9.17) is 21.3 Å². The number of halogens is 2. The molecule has 0 spiro atoms. The molecule has 0 N–H and O–H groups in total. The summed E-state index contributed by atoms with van der Waals surface area (Å²) in [5.74, 6) is 0.956. The summed E-state index contributed by atoms with van der Waals surface area (Å²) in [6.45, 7) is 6.96. The lowest BCUT2D eigenvalue weighted by atomic mass is 9.82. The van der Waals surface area contributed by atoms with E-state index in [1.807, 2.05) is 6.92 Å². The molecule has 3 nitrogen and oxygen atoms in total. The van der Waals surface area contributed by atoms with Gasteiger partial charge in [0.25, 0.3) is 0 Å². The number of nitrogens with zero attached hydrogens (tertiary/aromatic N) is 2. The van der Waals surface area contributed by atoms with E-state index in [0.717, 1.165) is 53.9 Å². The fraction of sp³-hybridized carbons (Fsp3) is 0.562. The molecule has 5 heteroatoms. The third-order valence-electron chi connectivity index (χ3n) is 4.34. The van der Waals surface area contributed by atoms with E-state index in [2.05, 4.69) is 45.6 Å². The van der Waals surface area contributed by atoms with Crippen LogP contribution in [0.2, 0.25) is 0 Å². The summed E-state index contributed by atoms with van der Waals surface area (Å²) in [5, 5.41) is -0.0976. The maximum absolute atomic E-state index is 6.36. The topological polar surface area (TPSA) is 27.1 Å². The maximum Gasteiger partial charge on any atom is 0.127 e. The molecular weight excluding hydrogens is 352 g/mol. The van der Waals surface area contributed by atoms with Crippen molar-refractivity contribution >= 4 is 38.6 Å². The van der Waals surface area contributed by atoms with Crippen LogP contribution in [0.3, 0.4) is 0 Å². The van der Waals surface area contributed by atoms with Gasteiger partial charge in [0, 0.05) is 24.2 Å². The van der Waals surface area contributed by atoms with Gasteiger partial charge in [-0.25, -0.2) is 4.98 Å². The molecule has 0 bridgehead atoms. The average Bonchev–Trinajstić information content (AvgIpc) is 2.77. The van der Waals surface area contributed by atoms with Crippen molar-refractivity contribution < 1.29 is 4.74 Å². The van der Waals surface area contributed by atoms with E-state index in [0.29, 0.717) is 0 Å². The van der Waals surface area contributed by atoms with Crippen LogP contribution in [-0.4, -0.2) is 22.8 Å². The number of imidazole rings is 1. The van der Waals surface area contributed by atoms with Crippen LogP contribution in [0.1, 0.15) is 37.9 Å². The van der Waals surface area contributed by atoms with Gasteiger partial charge in [-0.1, -0.05) is 22.9 Å². The number of benzene rings is 1. The second-order valence-corrected chi connectivity index (χ2v) is 7.80. The minimum atomic E-state index is -0.0976. The largest absolute Gasteiger partial charge is 0.381 e. The van der Waals surface area contributed by atoms with Crippen LogP contribution in [-0.2, 0) is 11.3 Å². The Bertz CT molecular complexity index is 647. The van der Waals surface area contributed by atoms with Crippen LogP contribution >= 0.6 is 27.5 Å². The first-order chi connectivity index (χ1) is 9.98. The van der Waals surface area contributed by atoms with Gasteiger partial charge in [-0.3, -0.25) is 0 Å². The molecular formula is C16H20BrClN2O. The van der Waals surface area contributed by atoms with Gasteiger partial charge in [0.2, 0.25) is 0 Å². The molecule has 114 valence electrons. The molecule has 0 aliphatic carbocycles. The van der Waals surface area contributed by atoms with Crippen LogP contribution in [0.5, 0.6) is 0 Å². The van der Waals surface area contributed by atoms with Crippen LogP contribution in [0.15, 0.2) is 22.7 Å². The molecule has 1 aliphatic heterocycles. The summed E-state index contributed by atoms with van der Waals surface area (Å²) in [4.78, 5) is 4.74. The fourth-order valence-electron chi connectivity index (χ4n) is 3.00. The lowest BCUT2D eigenvalue weighted by Crippen LogP contribution is -2.31. The Morgan fingerprint density at radius 1 is 1.43 bits per heavy atom. The van der Waals surface area contributed by atoms with Crippen molar-refractivity contribution in [2.24, 2.45) is 5.41 Å². The Hall–Kier alpha value is -0.580. The number of hydrogen-bond donors (Lipinski definition) is 0. The second kappa shape index (κ2) is 5.90. The van der Waals surface area contributed by atoms with Crippen LogP contribution in [0.4, 0.5) is 0 Å². The molecule has 1 fully saturated rings. The average molecular weight is 372 g/mol. The molecule has 1 atom stereocenters. The number of fused-ring (bicyclic) bond motifs is 1. The van der Waals surface area contributed by atoms with E-state index in [-0.39, 0.29) is 10.8 Å². The van der Waals surface area contributed by atoms with Crippen molar-refractivity contribution in [3.63, 3.8) is 0 Å². The van der Waals surface area contributed by atoms with Gasteiger partial charge >= 0.3 is 0 Å². The van der Waals surface area contributed by atoms with Crippen molar-refractivity contribution in [3.8, 4) is 0 Å².